The van der Waals surface area contributed by atoms with Crippen LogP contribution in [-0.2, 0) is 17.8 Å². The van der Waals surface area contributed by atoms with E-state index in [4.69, 9.17) is 4.74 Å². The first-order valence-electron chi connectivity index (χ1n) is 8.33. The molecule has 3 rings (SSSR count). The topological polar surface area (TPSA) is 70.0 Å². The van der Waals surface area contributed by atoms with Crippen molar-refractivity contribution in [1.29, 1.82) is 0 Å². The Labute approximate surface area is 147 Å². The van der Waals surface area contributed by atoms with Gasteiger partial charge in [0.05, 0.1) is 6.04 Å². The predicted octanol–water partition coefficient (Wildman–Crippen LogP) is 1.76. The van der Waals surface area contributed by atoms with Crippen molar-refractivity contribution in [1.82, 2.24) is 4.90 Å². The summed E-state index contributed by atoms with van der Waals surface area (Å²) in [7, 11) is 1.61. The summed E-state index contributed by atoms with van der Waals surface area (Å²) in [5, 5.41) is 20.4. The van der Waals surface area contributed by atoms with Crippen LogP contribution in [0.2, 0.25) is 0 Å². The van der Waals surface area contributed by atoms with Gasteiger partial charge in [-0.25, -0.2) is 0 Å². The second kappa shape index (κ2) is 6.86. The Bertz CT molecular complexity index is 727. The summed E-state index contributed by atoms with van der Waals surface area (Å²) in [6.45, 7) is 1.86. The fourth-order valence-corrected chi connectivity index (χ4v) is 3.17. The molecule has 5 nitrogen and oxygen atoms in total. The Morgan fingerprint density at radius 3 is 2.28 bits per heavy atom. The number of hydrogen-bond acceptors (Lipinski definition) is 4. The number of likely N-dealkylation sites (tertiary alicyclic amines) is 1. The Morgan fingerprint density at radius 1 is 1.08 bits per heavy atom. The first-order chi connectivity index (χ1) is 11.9. The Hall–Kier alpha value is -2.37. The quantitative estimate of drug-likeness (QED) is 0.869. The number of carbonyl (C=O) groups excluding carboxylic acids is 1. The minimum absolute atomic E-state index is 0.446. The van der Waals surface area contributed by atoms with Crippen molar-refractivity contribution >= 4 is 5.91 Å². The SMILES string of the molecule is CN1C(=O)[C@](C)(O)[C@H](O)[C@@H]1Cc1ccc(OCc2ccccc2)cc1. The number of likely N-dealkylation sites (N-methyl/N-ethyl adjacent to an activating group) is 1. The van der Waals surface area contributed by atoms with Gasteiger partial charge in [-0.05, 0) is 36.6 Å². The smallest absolute Gasteiger partial charge is 0.257 e. The van der Waals surface area contributed by atoms with Crippen LogP contribution in [0.15, 0.2) is 54.6 Å². The molecule has 0 unspecified atom stereocenters. The summed E-state index contributed by atoms with van der Waals surface area (Å²) in [5.41, 5.74) is 0.342. The average molecular weight is 341 g/mol. The fraction of sp³-hybridized carbons (Fsp3) is 0.350. The monoisotopic (exact) mass is 341 g/mol. The molecular weight excluding hydrogens is 318 g/mol. The molecule has 0 aliphatic carbocycles. The van der Waals surface area contributed by atoms with Gasteiger partial charge in [-0.15, -0.1) is 0 Å². The highest BCUT2D eigenvalue weighted by molar-refractivity contribution is 5.88. The molecular formula is C20H23NO4. The number of nitrogens with zero attached hydrogens (tertiary/aromatic N) is 1. The maximum atomic E-state index is 12.0. The van der Waals surface area contributed by atoms with Crippen molar-refractivity contribution in [3.05, 3.63) is 65.7 Å². The lowest BCUT2D eigenvalue weighted by Crippen LogP contribution is -2.43. The number of rotatable bonds is 5. The predicted molar refractivity (Wildman–Crippen MR) is 94.1 cm³/mol. The fourth-order valence-electron chi connectivity index (χ4n) is 3.17. The highest BCUT2D eigenvalue weighted by atomic mass is 16.5. The van der Waals surface area contributed by atoms with Crippen LogP contribution in [0.1, 0.15) is 18.1 Å². The molecule has 3 atom stereocenters. The zero-order chi connectivity index (χ0) is 18.0. The van der Waals surface area contributed by atoms with Gasteiger partial charge in [-0.1, -0.05) is 42.5 Å². The van der Waals surface area contributed by atoms with Crippen LogP contribution in [-0.4, -0.2) is 45.8 Å². The average Bonchev–Trinajstić information content (AvgIpc) is 2.77. The van der Waals surface area contributed by atoms with Crippen LogP contribution in [0.5, 0.6) is 5.75 Å². The standard InChI is InChI=1S/C20H23NO4/c1-20(24)18(22)17(21(2)19(20)23)12-14-8-10-16(11-9-14)25-13-15-6-4-3-5-7-15/h3-11,17-18,22,24H,12-13H2,1-2H3/t17-,18+,20+/m0/s1. The normalized spacial score (nSPS) is 26.1. The maximum Gasteiger partial charge on any atom is 0.257 e. The Morgan fingerprint density at radius 2 is 1.72 bits per heavy atom. The highest BCUT2D eigenvalue weighted by Crippen LogP contribution is 2.30. The second-order valence-corrected chi connectivity index (χ2v) is 6.70. The molecule has 1 aliphatic rings. The van der Waals surface area contributed by atoms with E-state index in [1.165, 1.54) is 11.8 Å². The van der Waals surface area contributed by atoms with Gasteiger partial charge in [-0.3, -0.25) is 4.79 Å². The van der Waals surface area contributed by atoms with E-state index in [1.54, 1.807) is 7.05 Å². The van der Waals surface area contributed by atoms with Crippen LogP contribution >= 0.6 is 0 Å². The van der Waals surface area contributed by atoms with E-state index in [1.807, 2.05) is 54.6 Å². The number of benzene rings is 2. The minimum Gasteiger partial charge on any atom is -0.489 e. The third kappa shape index (κ3) is 3.52. The van der Waals surface area contributed by atoms with Gasteiger partial charge in [-0.2, -0.15) is 0 Å². The van der Waals surface area contributed by atoms with Gasteiger partial charge >= 0.3 is 0 Å². The zero-order valence-corrected chi connectivity index (χ0v) is 14.4. The lowest BCUT2D eigenvalue weighted by Gasteiger charge is -2.23. The minimum atomic E-state index is -1.72. The van der Waals surface area contributed by atoms with Crippen molar-refractivity contribution in [2.45, 2.75) is 37.7 Å². The molecule has 5 heteroatoms. The molecule has 2 N–H and O–H groups in total. The molecule has 0 radical (unpaired) electrons. The van der Waals surface area contributed by atoms with Crippen molar-refractivity contribution in [3.63, 3.8) is 0 Å². The molecule has 0 spiro atoms. The number of aliphatic hydroxyl groups is 2. The van der Waals surface area contributed by atoms with Gasteiger partial charge in [0.1, 0.15) is 18.5 Å². The molecule has 2 aromatic rings. The number of carbonyl (C=O) groups is 1. The van der Waals surface area contributed by atoms with Gasteiger partial charge in [0, 0.05) is 7.05 Å². The first kappa shape index (κ1) is 17.5. The van der Waals surface area contributed by atoms with Crippen LogP contribution in [0.4, 0.5) is 0 Å². The highest BCUT2D eigenvalue weighted by Gasteiger charge is 2.53. The van der Waals surface area contributed by atoms with Crippen molar-refractivity contribution in [3.8, 4) is 5.75 Å². The van der Waals surface area contributed by atoms with E-state index in [2.05, 4.69) is 0 Å². The van der Waals surface area contributed by atoms with E-state index in [-0.39, 0.29) is 0 Å². The Balaban J connectivity index is 1.62. The summed E-state index contributed by atoms with van der Waals surface area (Å²) in [5.74, 6) is 0.309. The summed E-state index contributed by atoms with van der Waals surface area (Å²) in [6.07, 6.45) is -0.641. The van der Waals surface area contributed by atoms with Gasteiger partial charge in [0.25, 0.3) is 5.91 Å². The molecule has 132 valence electrons. The molecule has 0 bridgehead atoms. The molecule has 1 fully saturated rings. The molecule has 0 saturated carbocycles. The Kier molecular flexibility index (Phi) is 4.79. The lowest BCUT2D eigenvalue weighted by molar-refractivity contribution is -0.144. The van der Waals surface area contributed by atoms with E-state index in [0.717, 1.165) is 16.9 Å². The van der Waals surface area contributed by atoms with Crippen molar-refractivity contribution < 1.29 is 19.7 Å². The van der Waals surface area contributed by atoms with E-state index in [9.17, 15) is 15.0 Å². The number of amides is 1. The van der Waals surface area contributed by atoms with Crippen LogP contribution in [0.3, 0.4) is 0 Å². The molecule has 1 aliphatic heterocycles. The molecule has 0 aromatic heterocycles. The van der Waals surface area contributed by atoms with Crippen LogP contribution in [0.25, 0.3) is 0 Å². The second-order valence-electron chi connectivity index (χ2n) is 6.70. The molecule has 1 saturated heterocycles. The summed E-state index contributed by atoms with van der Waals surface area (Å²) < 4.78 is 5.76. The van der Waals surface area contributed by atoms with Crippen molar-refractivity contribution in [2.75, 3.05) is 7.05 Å². The van der Waals surface area contributed by atoms with Gasteiger partial charge < -0.3 is 19.8 Å². The third-order valence-electron chi connectivity index (χ3n) is 4.81. The summed E-state index contributed by atoms with van der Waals surface area (Å²) in [4.78, 5) is 13.4. The van der Waals surface area contributed by atoms with Crippen LogP contribution in [0, 0.1) is 0 Å². The lowest BCUT2D eigenvalue weighted by atomic mass is 9.94. The molecule has 25 heavy (non-hydrogen) atoms. The number of ether oxygens (including phenoxy) is 1. The molecule has 1 heterocycles. The van der Waals surface area contributed by atoms with Gasteiger partial charge in [0.2, 0.25) is 0 Å². The van der Waals surface area contributed by atoms with Crippen molar-refractivity contribution in [2.24, 2.45) is 0 Å². The molecule has 2 aromatic carbocycles. The number of hydrogen-bond donors (Lipinski definition) is 2. The summed E-state index contributed by atoms with van der Waals surface area (Å²) in [6, 6.07) is 17.1. The van der Waals surface area contributed by atoms with E-state index < -0.39 is 23.7 Å². The number of aliphatic hydroxyl groups excluding tert-OH is 1. The zero-order valence-electron chi connectivity index (χ0n) is 14.4. The van der Waals surface area contributed by atoms with E-state index in [0.29, 0.717) is 13.0 Å². The molecule has 1 amide bonds. The third-order valence-corrected chi connectivity index (χ3v) is 4.81. The summed E-state index contributed by atoms with van der Waals surface area (Å²) >= 11 is 0. The largest absolute Gasteiger partial charge is 0.489 e. The van der Waals surface area contributed by atoms with E-state index >= 15 is 0 Å². The first-order valence-corrected chi connectivity index (χ1v) is 8.33. The van der Waals surface area contributed by atoms with Gasteiger partial charge in [0.15, 0.2) is 5.60 Å². The maximum absolute atomic E-state index is 12.0. The van der Waals surface area contributed by atoms with Crippen LogP contribution < -0.4 is 4.74 Å².